The van der Waals surface area contributed by atoms with Crippen molar-refractivity contribution in [2.45, 2.75) is 26.7 Å². The number of hydrogen-bond acceptors (Lipinski definition) is 3. The molecule has 1 aromatic carbocycles. The smallest absolute Gasteiger partial charge is 0.266 e. The van der Waals surface area contributed by atoms with Crippen LogP contribution in [0, 0.1) is 0 Å². The van der Waals surface area contributed by atoms with Crippen LogP contribution in [0.3, 0.4) is 0 Å². The Kier molecular flexibility index (Phi) is 4.42. The lowest BCUT2D eigenvalue weighted by molar-refractivity contribution is -0.121. The molecule has 1 amide bonds. The first-order chi connectivity index (χ1) is 9.02. The quantitative estimate of drug-likeness (QED) is 0.619. The van der Waals surface area contributed by atoms with E-state index in [1.165, 1.54) is 17.3 Å². The predicted octanol–water partition coefficient (Wildman–Crippen LogP) is 4.03. The van der Waals surface area contributed by atoms with Crippen molar-refractivity contribution in [1.29, 1.82) is 0 Å². The number of carbonyl (C=O) groups excluding carboxylic acids is 1. The zero-order valence-electron chi connectivity index (χ0n) is 11.3. The van der Waals surface area contributed by atoms with E-state index in [1.807, 2.05) is 25.1 Å². The maximum absolute atomic E-state index is 12.1. The molecule has 1 aliphatic rings. The first kappa shape index (κ1) is 14.3. The van der Waals surface area contributed by atoms with E-state index in [2.05, 4.69) is 26.0 Å². The van der Waals surface area contributed by atoms with Crippen LogP contribution >= 0.6 is 24.0 Å². The second kappa shape index (κ2) is 5.88. The van der Waals surface area contributed by atoms with E-state index in [9.17, 15) is 4.79 Å². The van der Waals surface area contributed by atoms with E-state index in [-0.39, 0.29) is 5.91 Å². The fourth-order valence-corrected chi connectivity index (χ4v) is 3.29. The molecule has 2 nitrogen and oxygen atoms in total. The van der Waals surface area contributed by atoms with Crippen molar-refractivity contribution in [3.63, 3.8) is 0 Å². The zero-order chi connectivity index (χ0) is 14.0. The van der Waals surface area contributed by atoms with Gasteiger partial charge in [0.15, 0.2) is 0 Å². The van der Waals surface area contributed by atoms with Gasteiger partial charge in [0.05, 0.1) is 4.91 Å². The molecule has 2 rings (SSSR count). The van der Waals surface area contributed by atoms with Crippen LogP contribution in [0.25, 0.3) is 6.08 Å². The lowest BCUT2D eigenvalue weighted by Crippen LogP contribution is -2.27. The minimum absolute atomic E-state index is 0.0189. The largest absolute Gasteiger partial charge is 0.293 e. The minimum atomic E-state index is 0.0189. The van der Waals surface area contributed by atoms with Crippen molar-refractivity contribution in [3.05, 3.63) is 40.3 Å². The fraction of sp³-hybridized carbons (Fsp3) is 0.333. The summed E-state index contributed by atoms with van der Waals surface area (Å²) >= 11 is 6.57. The fourth-order valence-electron chi connectivity index (χ4n) is 1.90. The third-order valence-corrected chi connectivity index (χ3v) is 4.47. The van der Waals surface area contributed by atoms with Crippen LogP contribution in [0.5, 0.6) is 0 Å². The van der Waals surface area contributed by atoms with E-state index >= 15 is 0 Å². The average molecular weight is 291 g/mol. The summed E-state index contributed by atoms with van der Waals surface area (Å²) in [4.78, 5) is 14.4. The standard InChI is InChI=1S/C15H17NOS2/c1-4-16-14(17)13(19-15(16)18)9-11-5-7-12(8-6-11)10(2)3/h5-10H,4H2,1-3H3. The molecule has 4 heteroatoms. The summed E-state index contributed by atoms with van der Waals surface area (Å²) in [6.45, 7) is 6.90. The van der Waals surface area contributed by atoms with E-state index in [0.29, 0.717) is 21.7 Å². The van der Waals surface area contributed by atoms with Crippen LogP contribution in [-0.2, 0) is 4.79 Å². The predicted molar refractivity (Wildman–Crippen MR) is 86.1 cm³/mol. The molecule has 0 aromatic heterocycles. The molecule has 19 heavy (non-hydrogen) atoms. The third kappa shape index (κ3) is 3.07. The van der Waals surface area contributed by atoms with Gasteiger partial charge in [0.25, 0.3) is 5.91 Å². The second-order valence-corrected chi connectivity index (χ2v) is 6.42. The third-order valence-electron chi connectivity index (χ3n) is 3.09. The van der Waals surface area contributed by atoms with Gasteiger partial charge in [0, 0.05) is 6.54 Å². The molecule has 0 atom stereocenters. The highest BCUT2D eigenvalue weighted by Gasteiger charge is 2.30. The van der Waals surface area contributed by atoms with Crippen molar-refractivity contribution in [2.75, 3.05) is 6.54 Å². The number of thiocarbonyl (C=S) groups is 1. The van der Waals surface area contributed by atoms with Gasteiger partial charge in [-0.3, -0.25) is 9.69 Å². The highest BCUT2D eigenvalue weighted by molar-refractivity contribution is 8.26. The molecular weight excluding hydrogens is 274 g/mol. The van der Waals surface area contributed by atoms with Gasteiger partial charge < -0.3 is 0 Å². The van der Waals surface area contributed by atoms with Crippen LogP contribution in [-0.4, -0.2) is 21.7 Å². The molecule has 1 aliphatic heterocycles. The lowest BCUT2D eigenvalue weighted by Gasteiger charge is -2.09. The molecule has 0 saturated carbocycles. The van der Waals surface area contributed by atoms with Crippen molar-refractivity contribution in [2.24, 2.45) is 0 Å². The van der Waals surface area contributed by atoms with Gasteiger partial charge in [-0.25, -0.2) is 0 Å². The maximum atomic E-state index is 12.1. The topological polar surface area (TPSA) is 20.3 Å². The van der Waals surface area contributed by atoms with Crippen molar-refractivity contribution >= 4 is 40.3 Å². The van der Waals surface area contributed by atoms with E-state index in [4.69, 9.17) is 12.2 Å². The van der Waals surface area contributed by atoms with Crippen LogP contribution in [0.1, 0.15) is 37.8 Å². The first-order valence-electron chi connectivity index (χ1n) is 6.38. The lowest BCUT2D eigenvalue weighted by atomic mass is 10.0. The number of benzene rings is 1. The van der Waals surface area contributed by atoms with E-state index in [1.54, 1.807) is 4.90 Å². The van der Waals surface area contributed by atoms with Gasteiger partial charge in [0.1, 0.15) is 4.32 Å². The Balaban J connectivity index is 2.22. The average Bonchev–Trinajstić information content (AvgIpc) is 2.64. The zero-order valence-corrected chi connectivity index (χ0v) is 13.0. The van der Waals surface area contributed by atoms with Gasteiger partial charge in [0.2, 0.25) is 0 Å². The van der Waals surface area contributed by atoms with Crippen molar-refractivity contribution in [3.8, 4) is 0 Å². The van der Waals surface area contributed by atoms with Gasteiger partial charge in [-0.1, -0.05) is 62.1 Å². The number of nitrogens with zero attached hydrogens (tertiary/aromatic N) is 1. The normalized spacial score (nSPS) is 17.9. The number of hydrogen-bond donors (Lipinski definition) is 0. The van der Waals surface area contributed by atoms with Crippen LogP contribution in [0.15, 0.2) is 29.2 Å². The molecule has 0 unspecified atom stereocenters. The van der Waals surface area contributed by atoms with Gasteiger partial charge in [-0.2, -0.15) is 0 Å². The Hall–Kier alpha value is -1.13. The Morgan fingerprint density at radius 1 is 1.32 bits per heavy atom. The summed E-state index contributed by atoms with van der Waals surface area (Å²) in [6, 6.07) is 8.32. The highest BCUT2D eigenvalue weighted by Crippen LogP contribution is 2.32. The molecule has 0 N–H and O–H groups in total. The molecule has 1 aromatic rings. The summed E-state index contributed by atoms with van der Waals surface area (Å²) in [5.41, 5.74) is 2.35. The molecule has 100 valence electrons. The van der Waals surface area contributed by atoms with Gasteiger partial charge in [-0.15, -0.1) is 0 Å². The summed E-state index contributed by atoms with van der Waals surface area (Å²) in [5.74, 6) is 0.540. The van der Waals surface area contributed by atoms with E-state index < -0.39 is 0 Å². The molecule has 0 radical (unpaired) electrons. The Morgan fingerprint density at radius 3 is 2.42 bits per heavy atom. The number of amides is 1. The monoisotopic (exact) mass is 291 g/mol. The maximum Gasteiger partial charge on any atom is 0.266 e. The Bertz CT molecular complexity index is 532. The molecular formula is C15H17NOS2. The van der Waals surface area contributed by atoms with Gasteiger partial charge in [-0.05, 0) is 30.0 Å². The number of likely N-dealkylation sites (N-methyl/N-ethyl adjacent to an activating group) is 1. The summed E-state index contributed by atoms with van der Waals surface area (Å²) in [6.07, 6.45) is 1.92. The molecule has 0 bridgehead atoms. The summed E-state index contributed by atoms with van der Waals surface area (Å²) in [5, 5.41) is 0. The second-order valence-electron chi connectivity index (χ2n) is 4.75. The number of carbonyl (C=O) groups is 1. The SMILES string of the molecule is CCN1C(=O)C(=Cc2ccc(C(C)C)cc2)SC1=S. The Morgan fingerprint density at radius 2 is 1.95 bits per heavy atom. The van der Waals surface area contributed by atoms with Crippen LogP contribution in [0.4, 0.5) is 0 Å². The van der Waals surface area contributed by atoms with E-state index in [0.717, 1.165) is 5.56 Å². The molecule has 1 fully saturated rings. The molecule has 0 spiro atoms. The first-order valence-corrected chi connectivity index (χ1v) is 7.60. The van der Waals surface area contributed by atoms with Crippen LogP contribution in [0.2, 0.25) is 0 Å². The highest BCUT2D eigenvalue weighted by atomic mass is 32.2. The number of rotatable bonds is 3. The molecule has 1 saturated heterocycles. The minimum Gasteiger partial charge on any atom is -0.293 e. The summed E-state index contributed by atoms with van der Waals surface area (Å²) in [7, 11) is 0. The van der Waals surface area contributed by atoms with Crippen molar-refractivity contribution in [1.82, 2.24) is 4.90 Å². The molecule has 1 heterocycles. The van der Waals surface area contributed by atoms with Crippen molar-refractivity contribution < 1.29 is 4.79 Å². The van der Waals surface area contributed by atoms with Gasteiger partial charge >= 0.3 is 0 Å². The Labute approximate surface area is 123 Å². The summed E-state index contributed by atoms with van der Waals surface area (Å²) < 4.78 is 0.651. The van der Waals surface area contributed by atoms with Crippen LogP contribution < -0.4 is 0 Å². The molecule has 0 aliphatic carbocycles. The number of thioether (sulfide) groups is 1.